The van der Waals surface area contributed by atoms with Crippen molar-refractivity contribution in [2.75, 3.05) is 0 Å². The van der Waals surface area contributed by atoms with Crippen molar-refractivity contribution in [3.8, 4) is 0 Å². The molecule has 1 aromatic heterocycles. The van der Waals surface area contributed by atoms with Gasteiger partial charge < -0.3 is 12.9 Å². The van der Waals surface area contributed by atoms with Gasteiger partial charge in [0, 0.05) is 12.5 Å². The van der Waals surface area contributed by atoms with Crippen LogP contribution in [0.1, 0.15) is 5.56 Å². The second kappa shape index (κ2) is 3.23. The third kappa shape index (κ3) is 2.92. The van der Waals surface area contributed by atoms with E-state index in [0.717, 1.165) is 6.07 Å². The summed E-state index contributed by atoms with van der Waals surface area (Å²) in [5.41, 5.74) is -0.171. The van der Waals surface area contributed by atoms with Crippen LogP contribution in [0.3, 0.4) is 0 Å². The van der Waals surface area contributed by atoms with Gasteiger partial charge in [0.2, 0.25) is 0 Å². The predicted octanol–water partition coefficient (Wildman–Crippen LogP) is 0.938. The van der Waals surface area contributed by atoms with E-state index in [4.69, 9.17) is 0 Å². The van der Waals surface area contributed by atoms with Crippen LogP contribution in [0.2, 0.25) is 0 Å². The summed E-state index contributed by atoms with van der Waals surface area (Å²) in [6.07, 6.45) is -0.0532. The monoisotopic (exact) mass is 191 g/mol. The minimum absolute atomic E-state index is 0.410. The first-order valence-corrected chi connectivity index (χ1v) is 3.63. The number of aromatic nitrogens is 2. The highest BCUT2D eigenvalue weighted by Crippen LogP contribution is 2.08. The summed E-state index contributed by atoms with van der Waals surface area (Å²) in [7, 11) is 0. The summed E-state index contributed by atoms with van der Waals surface area (Å²) in [6, 6.07) is 1.12. The van der Waals surface area contributed by atoms with E-state index < -0.39 is 19.0 Å². The molecule has 1 aromatic rings. The second-order valence-electron chi connectivity index (χ2n) is 2.76. The average Bonchev–Trinajstić information content (AvgIpc) is 1.93. The van der Waals surface area contributed by atoms with Gasteiger partial charge in [0.15, 0.2) is 0 Å². The van der Waals surface area contributed by atoms with Gasteiger partial charge >= 0.3 is 6.98 Å². The summed E-state index contributed by atoms with van der Waals surface area (Å²) in [6.45, 7) is -3.42. The minimum Gasteiger partial charge on any atom is -0.448 e. The molecule has 0 N–H and O–H groups in total. The lowest BCUT2D eigenvalue weighted by molar-refractivity contribution is 0.430. The Morgan fingerprint density at radius 1 is 1.54 bits per heavy atom. The first-order chi connectivity index (χ1) is 5.88. The van der Waals surface area contributed by atoms with Crippen molar-refractivity contribution in [3.63, 3.8) is 0 Å². The molecule has 0 aliphatic heterocycles. The zero-order chi connectivity index (χ0) is 10.1. The molecule has 0 fully saturated rings. The molecule has 1 rings (SSSR count). The number of aryl methyl sites for hydroxylation is 1. The summed E-state index contributed by atoms with van der Waals surface area (Å²) in [5.74, 6) is 0. The van der Waals surface area contributed by atoms with Gasteiger partial charge in [0.05, 0.1) is 6.20 Å². The van der Waals surface area contributed by atoms with Crippen LogP contribution in [0.5, 0.6) is 0 Å². The van der Waals surface area contributed by atoms with Gasteiger partial charge in [0.1, 0.15) is 0 Å². The first-order valence-electron chi connectivity index (χ1n) is 3.63. The van der Waals surface area contributed by atoms with Crippen molar-refractivity contribution in [3.05, 3.63) is 28.2 Å². The molecule has 7 heteroatoms. The lowest BCUT2D eigenvalue weighted by Crippen LogP contribution is -2.33. The van der Waals surface area contributed by atoms with Gasteiger partial charge in [-0.3, -0.25) is 9.48 Å². The molecule has 0 aliphatic rings. The molecule has 1 heterocycles. The molecular weight excluding hydrogens is 184 g/mol. The Balaban J connectivity index is 2.98. The maximum absolute atomic E-state index is 11.9. The number of nitrogens with zero attached hydrogens (tertiary/aromatic N) is 2. The maximum atomic E-state index is 11.9. The third-order valence-electron chi connectivity index (χ3n) is 1.39. The quantitative estimate of drug-likeness (QED) is 0.651. The molecule has 0 aromatic carbocycles. The fraction of sp³-hybridized carbons (Fsp3) is 0.333. The summed E-state index contributed by atoms with van der Waals surface area (Å²) < 4.78 is 36.1. The summed E-state index contributed by atoms with van der Waals surface area (Å²) in [5, 5.41) is 3.36. The van der Waals surface area contributed by atoms with Crippen LogP contribution in [0.15, 0.2) is 17.1 Å². The molecule has 0 bridgehead atoms. The number of hydrogen-bond donors (Lipinski definition) is 0. The van der Waals surface area contributed by atoms with Crippen molar-refractivity contribution in [1.29, 1.82) is 0 Å². The highest BCUT2D eigenvalue weighted by atomic mass is 19.4. The van der Waals surface area contributed by atoms with Crippen LogP contribution in [0.25, 0.3) is 0 Å². The topological polar surface area (TPSA) is 34.9 Å². The molecule has 0 saturated carbocycles. The highest BCUT2D eigenvalue weighted by Gasteiger charge is 2.24. The standard InChI is InChI=1S/C6H7BF3N2O/c1-5-2-6(13)12(11-3-5)4-7(8,9)10/h2-3H,4H2,1H3/q-1. The van der Waals surface area contributed by atoms with E-state index in [2.05, 4.69) is 5.10 Å². The molecular formula is C6H7BF3N2O-. The van der Waals surface area contributed by atoms with E-state index in [-0.39, 0.29) is 0 Å². The molecule has 0 radical (unpaired) electrons. The van der Waals surface area contributed by atoms with E-state index in [1.807, 2.05) is 0 Å². The molecule has 72 valence electrons. The second-order valence-corrected chi connectivity index (χ2v) is 2.76. The van der Waals surface area contributed by atoms with Crippen LogP contribution < -0.4 is 5.56 Å². The Kier molecular flexibility index (Phi) is 2.44. The van der Waals surface area contributed by atoms with Gasteiger partial charge in [-0.1, -0.05) is 0 Å². The molecule has 0 aliphatic carbocycles. The van der Waals surface area contributed by atoms with E-state index >= 15 is 0 Å². The molecule has 0 saturated heterocycles. The van der Waals surface area contributed by atoms with Crippen LogP contribution in [-0.2, 0) is 6.44 Å². The van der Waals surface area contributed by atoms with E-state index in [1.165, 1.54) is 6.20 Å². The SMILES string of the molecule is Cc1cnn(C[B-](F)(F)F)c(=O)c1. The molecule has 0 amide bonds. The van der Waals surface area contributed by atoms with Crippen LogP contribution in [0.4, 0.5) is 12.9 Å². The fourth-order valence-electron chi connectivity index (χ4n) is 0.857. The number of halogens is 3. The molecule has 0 atom stereocenters. The van der Waals surface area contributed by atoms with Gasteiger partial charge in [-0.25, -0.2) is 0 Å². The number of hydrogen-bond acceptors (Lipinski definition) is 2. The third-order valence-corrected chi connectivity index (χ3v) is 1.39. The fourth-order valence-corrected chi connectivity index (χ4v) is 0.857. The van der Waals surface area contributed by atoms with Gasteiger partial charge in [-0.2, -0.15) is 5.10 Å². The summed E-state index contributed by atoms with van der Waals surface area (Å²) >= 11 is 0. The smallest absolute Gasteiger partial charge is 0.448 e. The zero-order valence-corrected chi connectivity index (χ0v) is 6.88. The van der Waals surface area contributed by atoms with E-state index in [9.17, 15) is 17.7 Å². The van der Waals surface area contributed by atoms with Crippen molar-refractivity contribution >= 4 is 6.98 Å². The van der Waals surface area contributed by atoms with E-state index in [1.54, 1.807) is 6.92 Å². The van der Waals surface area contributed by atoms with Gasteiger partial charge in [-0.05, 0) is 12.5 Å². The van der Waals surface area contributed by atoms with Crippen LogP contribution >= 0.6 is 0 Å². The Morgan fingerprint density at radius 3 is 2.62 bits per heavy atom. The van der Waals surface area contributed by atoms with E-state index in [0.29, 0.717) is 10.2 Å². The Morgan fingerprint density at radius 2 is 2.15 bits per heavy atom. The van der Waals surface area contributed by atoms with Crippen molar-refractivity contribution < 1.29 is 12.9 Å². The average molecular weight is 191 g/mol. The Bertz CT molecular complexity index is 360. The zero-order valence-electron chi connectivity index (χ0n) is 6.88. The molecule has 13 heavy (non-hydrogen) atoms. The van der Waals surface area contributed by atoms with Crippen LogP contribution in [-0.4, -0.2) is 16.8 Å². The molecule has 3 nitrogen and oxygen atoms in total. The van der Waals surface area contributed by atoms with Crippen molar-refractivity contribution in [1.82, 2.24) is 9.78 Å². The summed E-state index contributed by atoms with van der Waals surface area (Å²) in [4.78, 5) is 10.9. The molecule has 0 unspecified atom stereocenters. The largest absolute Gasteiger partial charge is 0.499 e. The van der Waals surface area contributed by atoms with Gasteiger partial charge in [0.25, 0.3) is 5.56 Å². The van der Waals surface area contributed by atoms with Gasteiger partial charge in [-0.15, -0.1) is 0 Å². The van der Waals surface area contributed by atoms with Crippen molar-refractivity contribution in [2.45, 2.75) is 13.4 Å². The lowest BCUT2D eigenvalue weighted by atomic mass is 9.93. The lowest BCUT2D eigenvalue weighted by Gasteiger charge is -2.13. The molecule has 0 spiro atoms. The predicted molar refractivity (Wildman–Crippen MR) is 42.3 cm³/mol. The van der Waals surface area contributed by atoms with Crippen LogP contribution in [0, 0.1) is 6.92 Å². The minimum atomic E-state index is -5.01. The number of rotatable bonds is 2. The van der Waals surface area contributed by atoms with Crippen molar-refractivity contribution in [2.24, 2.45) is 0 Å². The normalized spacial score (nSPS) is 11.7. The maximum Gasteiger partial charge on any atom is 0.499 e. The highest BCUT2D eigenvalue weighted by molar-refractivity contribution is 6.57. The first kappa shape index (κ1) is 9.82. The Hall–Kier alpha value is -1.27. The Labute approximate surface area is 72.2 Å².